The zero-order valence-electron chi connectivity index (χ0n) is 16.4. The van der Waals surface area contributed by atoms with Crippen molar-refractivity contribution in [1.29, 1.82) is 0 Å². The van der Waals surface area contributed by atoms with E-state index in [0.717, 1.165) is 61.6 Å². The second-order valence-corrected chi connectivity index (χ2v) is 7.85. The molecule has 0 bridgehead atoms. The fourth-order valence-corrected chi connectivity index (χ4v) is 4.41. The highest BCUT2D eigenvalue weighted by Crippen LogP contribution is 2.29. The Balaban J connectivity index is 1.39. The first kappa shape index (κ1) is 18.0. The van der Waals surface area contributed by atoms with Gasteiger partial charge in [-0.1, -0.05) is 12.5 Å². The van der Waals surface area contributed by atoms with Gasteiger partial charge in [0.15, 0.2) is 17.0 Å². The van der Waals surface area contributed by atoms with Gasteiger partial charge in [0.1, 0.15) is 18.0 Å². The van der Waals surface area contributed by atoms with Crippen LogP contribution in [0.5, 0.6) is 0 Å². The second kappa shape index (κ2) is 7.77. The molecule has 3 aromatic heterocycles. The average molecular weight is 391 g/mol. The summed E-state index contributed by atoms with van der Waals surface area (Å²) in [5.74, 6) is 2.47. The Labute approximate surface area is 169 Å². The van der Waals surface area contributed by atoms with E-state index in [0.29, 0.717) is 12.4 Å². The highest BCUT2D eigenvalue weighted by molar-refractivity contribution is 5.92. The SMILES string of the molecule is O=C(Nc1ccccn1)[C@@H]1CCCN(c2ncnc3c2nc2n3CCCCC2)C1. The van der Waals surface area contributed by atoms with Crippen LogP contribution in [-0.4, -0.2) is 43.5 Å². The summed E-state index contributed by atoms with van der Waals surface area (Å²) in [6.45, 7) is 2.48. The number of carbonyl (C=O) groups excluding carboxylic acids is 1. The maximum absolute atomic E-state index is 12.8. The van der Waals surface area contributed by atoms with Crippen molar-refractivity contribution in [2.24, 2.45) is 5.92 Å². The molecule has 5 heterocycles. The van der Waals surface area contributed by atoms with Gasteiger partial charge < -0.3 is 14.8 Å². The van der Waals surface area contributed by atoms with E-state index in [1.54, 1.807) is 12.5 Å². The molecule has 2 aliphatic heterocycles. The third-order valence-electron chi connectivity index (χ3n) is 5.88. The number of pyridine rings is 1. The Kier molecular flexibility index (Phi) is 4.83. The summed E-state index contributed by atoms with van der Waals surface area (Å²) >= 11 is 0. The van der Waals surface area contributed by atoms with Crippen LogP contribution in [0, 0.1) is 5.92 Å². The number of anilines is 2. The van der Waals surface area contributed by atoms with E-state index >= 15 is 0 Å². The molecule has 8 heteroatoms. The first-order chi connectivity index (χ1) is 14.3. The minimum Gasteiger partial charge on any atom is -0.354 e. The summed E-state index contributed by atoms with van der Waals surface area (Å²) in [5.41, 5.74) is 1.79. The predicted octanol–water partition coefficient (Wildman–Crippen LogP) is 2.80. The maximum atomic E-state index is 12.8. The van der Waals surface area contributed by atoms with Gasteiger partial charge in [0.2, 0.25) is 5.91 Å². The van der Waals surface area contributed by atoms with Gasteiger partial charge in [-0.25, -0.2) is 19.9 Å². The smallest absolute Gasteiger partial charge is 0.230 e. The van der Waals surface area contributed by atoms with Crippen molar-refractivity contribution in [2.45, 2.75) is 45.1 Å². The van der Waals surface area contributed by atoms with Gasteiger partial charge in [0.05, 0.1) is 5.92 Å². The Morgan fingerprint density at radius 3 is 2.93 bits per heavy atom. The van der Waals surface area contributed by atoms with Crippen LogP contribution in [0.4, 0.5) is 11.6 Å². The molecule has 1 N–H and O–H groups in total. The summed E-state index contributed by atoms with van der Waals surface area (Å²) in [6, 6.07) is 5.52. The lowest BCUT2D eigenvalue weighted by atomic mass is 9.97. The van der Waals surface area contributed by atoms with Crippen molar-refractivity contribution < 1.29 is 4.79 Å². The van der Waals surface area contributed by atoms with Crippen molar-refractivity contribution in [3.8, 4) is 0 Å². The average Bonchev–Trinajstić information content (AvgIpc) is 2.95. The molecule has 29 heavy (non-hydrogen) atoms. The van der Waals surface area contributed by atoms with Crippen LogP contribution >= 0.6 is 0 Å². The van der Waals surface area contributed by atoms with Crippen LogP contribution in [0.15, 0.2) is 30.7 Å². The standard InChI is InChI=1S/C21H25N7O/c29-21(25-16-8-3-4-10-22-16)15-7-6-11-27(13-15)19-18-20(24-14-23-19)28-12-5-1-2-9-17(28)26-18/h3-4,8,10,14-15H,1-2,5-7,9,11-13H2,(H,22,25,29)/t15-/m1/s1. The van der Waals surface area contributed by atoms with E-state index in [9.17, 15) is 4.79 Å². The number of aryl methyl sites for hydroxylation is 2. The van der Waals surface area contributed by atoms with Crippen molar-refractivity contribution in [3.05, 3.63) is 36.5 Å². The Morgan fingerprint density at radius 1 is 1.07 bits per heavy atom. The van der Waals surface area contributed by atoms with Crippen molar-refractivity contribution >= 4 is 28.7 Å². The van der Waals surface area contributed by atoms with Gasteiger partial charge >= 0.3 is 0 Å². The molecule has 0 saturated carbocycles. The number of nitrogens with zero attached hydrogens (tertiary/aromatic N) is 6. The predicted molar refractivity (Wildman–Crippen MR) is 111 cm³/mol. The van der Waals surface area contributed by atoms with Crippen LogP contribution in [-0.2, 0) is 17.8 Å². The minimum absolute atomic E-state index is 0.0133. The number of rotatable bonds is 3. The summed E-state index contributed by atoms with van der Waals surface area (Å²) in [7, 11) is 0. The number of carbonyl (C=O) groups is 1. The molecule has 5 rings (SSSR count). The zero-order chi connectivity index (χ0) is 19.6. The monoisotopic (exact) mass is 391 g/mol. The lowest BCUT2D eigenvalue weighted by Crippen LogP contribution is -2.41. The quantitative estimate of drug-likeness (QED) is 0.739. The molecule has 3 aromatic rings. The molecule has 0 aliphatic carbocycles. The van der Waals surface area contributed by atoms with Crippen LogP contribution < -0.4 is 10.2 Å². The molecule has 0 spiro atoms. The molecule has 8 nitrogen and oxygen atoms in total. The maximum Gasteiger partial charge on any atom is 0.230 e. The zero-order valence-corrected chi connectivity index (χ0v) is 16.4. The lowest BCUT2D eigenvalue weighted by molar-refractivity contribution is -0.120. The molecular formula is C21H25N7O. The fraction of sp³-hybridized carbons (Fsp3) is 0.476. The van der Waals surface area contributed by atoms with Gasteiger partial charge in [0.25, 0.3) is 0 Å². The molecule has 1 saturated heterocycles. The number of fused-ring (bicyclic) bond motifs is 3. The van der Waals surface area contributed by atoms with Crippen LogP contribution in [0.25, 0.3) is 11.2 Å². The first-order valence-corrected chi connectivity index (χ1v) is 10.5. The third kappa shape index (κ3) is 3.54. The molecule has 1 amide bonds. The topological polar surface area (TPSA) is 88.8 Å². The van der Waals surface area contributed by atoms with Gasteiger partial charge in [-0.05, 0) is 37.8 Å². The van der Waals surface area contributed by atoms with Crippen LogP contribution in [0.3, 0.4) is 0 Å². The number of aromatic nitrogens is 5. The number of amides is 1. The molecular weight excluding hydrogens is 366 g/mol. The van der Waals surface area contributed by atoms with E-state index in [2.05, 4.69) is 29.7 Å². The van der Waals surface area contributed by atoms with Gasteiger partial charge in [-0.3, -0.25) is 4.79 Å². The highest BCUT2D eigenvalue weighted by Gasteiger charge is 2.29. The molecule has 1 fully saturated rings. The molecule has 150 valence electrons. The largest absolute Gasteiger partial charge is 0.354 e. The number of hydrogen-bond donors (Lipinski definition) is 1. The normalized spacial score (nSPS) is 19.6. The Hall–Kier alpha value is -3.03. The second-order valence-electron chi connectivity index (χ2n) is 7.85. The molecule has 0 unspecified atom stereocenters. The fourth-order valence-electron chi connectivity index (χ4n) is 4.41. The van der Waals surface area contributed by atoms with Gasteiger partial charge in [-0.2, -0.15) is 0 Å². The third-order valence-corrected chi connectivity index (χ3v) is 5.88. The first-order valence-electron chi connectivity index (χ1n) is 10.5. The van der Waals surface area contributed by atoms with E-state index in [-0.39, 0.29) is 11.8 Å². The van der Waals surface area contributed by atoms with Crippen molar-refractivity contribution in [3.63, 3.8) is 0 Å². The van der Waals surface area contributed by atoms with Crippen molar-refractivity contribution in [2.75, 3.05) is 23.3 Å². The number of piperidine rings is 1. The summed E-state index contributed by atoms with van der Waals surface area (Å²) in [5, 5.41) is 2.94. The van der Waals surface area contributed by atoms with Gasteiger partial charge in [-0.15, -0.1) is 0 Å². The van der Waals surface area contributed by atoms with E-state index < -0.39 is 0 Å². The van der Waals surface area contributed by atoms with Crippen LogP contribution in [0.1, 0.15) is 37.9 Å². The number of imidazole rings is 1. The van der Waals surface area contributed by atoms with Crippen LogP contribution in [0.2, 0.25) is 0 Å². The summed E-state index contributed by atoms with van der Waals surface area (Å²) in [6.07, 6.45) is 9.69. The minimum atomic E-state index is -0.101. The number of nitrogens with one attached hydrogen (secondary N) is 1. The van der Waals surface area contributed by atoms with E-state index in [1.165, 1.54) is 12.8 Å². The lowest BCUT2D eigenvalue weighted by Gasteiger charge is -2.32. The summed E-state index contributed by atoms with van der Waals surface area (Å²) in [4.78, 5) is 33.2. The highest BCUT2D eigenvalue weighted by atomic mass is 16.2. The van der Waals surface area contributed by atoms with Crippen molar-refractivity contribution in [1.82, 2.24) is 24.5 Å². The van der Waals surface area contributed by atoms with E-state index in [4.69, 9.17) is 4.98 Å². The van der Waals surface area contributed by atoms with E-state index in [1.807, 2.05) is 18.2 Å². The Morgan fingerprint density at radius 2 is 2.03 bits per heavy atom. The van der Waals surface area contributed by atoms with Gasteiger partial charge in [0, 0.05) is 32.3 Å². The number of hydrogen-bond acceptors (Lipinski definition) is 6. The molecule has 1 atom stereocenters. The molecule has 0 aromatic carbocycles. The Bertz CT molecular complexity index is 1020. The summed E-state index contributed by atoms with van der Waals surface area (Å²) < 4.78 is 2.25. The molecule has 0 radical (unpaired) electrons. The molecule has 2 aliphatic rings.